The Hall–Kier alpha value is -1.25. The summed E-state index contributed by atoms with van der Waals surface area (Å²) in [6.07, 6.45) is -19.8. The van der Waals surface area contributed by atoms with Crippen LogP contribution >= 0.6 is 0 Å². The number of amides is 1. The lowest BCUT2D eigenvalue weighted by molar-refractivity contribution is -0.332. The maximum atomic E-state index is 12.6. The van der Waals surface area contributed by atoms with E-state index in [9.17, 15) is 45.6 Å². The molecule has 1 amide bonds. The second kappa shape index (κ2) is 16.7. The van der Waals surface area contributed by atoms with Crippen LogP contribution in [0.1, 0.15) is 12.8 Å². The molecule has 2 saturated heterocycles. The van der Waals surface area contributed by atoms with Crippen molar-refractivity contribution in [1.29, 1.82) is 0 Å². The van der Waals surface area contributed by atoms with Gasteiger partial charge in [-0.25, -0.2) is 0 Å². The zero-order valence-corrected chi connectivity index (χ0v) is 22.7. The lowest BCUT2D eigenvalue weighted by atomic mass is 9.83. The van der Waals surface area contributed by atoms with Gasteiger partial charge in [-0.1, -0.05) is 0 Å². The van der Waals surface area contributed by atoms with Gasteiger partial charge < -0.3 is 99.0 Å². The second-order valence-electron chi connectivity index (χ2n) is 10.3. The number of rotatable bonds is 10. The summed E-state index contributed by atoms with van der Waals surface area (Å²) in [6.45, 7) is -0.898. The first kappa shape index (κ1) is 38.8. The average Bonchev–Trinajstić information content (AvgIpc) is 2.92. The molecule has 3 rings (SSSR count). The maximum absolute atomic E-state index is 12.6. The van der Waals surface area contributed by atoms with Crippen LogP contribution in [0.3, 0.4) is 0 Å². The van der Waals surface area contributed by atoms with Crippen molar-refractivity contribution in [1.82, 2.24) is 5.32 Å². The minimum atomic E-state index is -1.76. The van der Waals surface area contributed by atoms with E-state index in [2.05, 4.69) is 5.32 Å². The third-order valence-corrected chi connectivity index (χ3v) is 7.51. The first-order valence-electron chi connectivity index (χ1n) is 13.1. The summed E-state index contributed by atoms with van der Waals surface area (Å²) in [6, 6.07) is -3.45. The van der Waals surface area contributed by atoms with Crippen molar-refractivity contribution in [3.05, 3.63) is 0 Å². The molecule has 20 heteroatoms. The minimum Gasteiger partial charge on any atom is -0.412 e. The monoisotopic (exact) mass is 621 g/mol. The molecule has 1 unspecified atom stereocenters. The Bertz CT molecular complexity index is 818. The number of carbonyl (C=O) groups is 1. The number of hydrogen-bond acceptors (Lipinski definition) is 17. The Labute approximate surface area is 240 Å². The number of hydrogen-bond donors (Lipinski definition) is 13. The standard InChI is InChI=1S/C22H43N5O13.2H2O/c23-2-1-8(29)20(36)27-7-3-6(25)18(39-22-16(34)15(33)13(31)9(4-24)37-22)17(35)19(7)40-21-14(32)11(26)12(30)10(5-28)38-21;;/h6-19,21-22,28-35H,1-5,23-26H2,(H,27,36);2*1H2/t6-,7+,8?,9-,10-,11+,12-,13-,14-,15+,16-,17-,18+,19-,21-,22-;;/m1../s1. The number of aliphatic hydroxyl groups is 8. The SMILES string of the molecule is NCCC(O)C(=O)N[C@H]1C[C@@H](N)[C@H](O[C@H]2O[C@H](CN)[C@@H](O)[C@H](O)[C@H]2O)[C@@H](O)[C@@H]1O[C@H]1O[C@H](CO)[C@@H](O)[C@H](N)[C@H]1O.O.O. The molecule has 0 bridgehead atoms. The number of carbonyl (C=O) groups excluding carboxylic acids is 1. The van der Waals surface area contributed by atoms with Gasteiger partial charge in [0, 0.05) is 12.6 Å². The molecule has 16 atom stereocenters. The summed E-state index contributed by atoms with van der Waals surface area (Å²) in [5, 5.41) is 84.9. The van der Waals surface area contributed by atoms with E-state index in [1.165, 1.54) is 0 Å². The largest absolute Gasteiger partial charge is 0.412 e. The normalized spacial score (nSPS) is 44.8. The molecule has 1 saturated carbocycles. The molecule has 2 heterocycles. The van der Waals surface area contributed by atoms with Gasteiger partial charge in [0.05, 0.1) is 18.7 Å². The maximum Gasteiger partial charge on any atom is 0.249 e. The number of nitrogens with two attached hydrogens (primary N) is 4. The zero-order chi connectivity index (χ0) is 29.9. The van der Waals surface area contributed by atoms with Crippen LogP contribution in [0, 0.1) is 0 Å². The van der Waals surface area contributed by atoms with E-state index in [0.29, 0.717) is 0 Å². The zero-order valence-electron chi connectivity index (χ0n) is 22.7. The van der Waals surface area contributed by atoms with Crippen LogP contribution in [0.15, 0.2) is 0 Å². The summed E-state index contributed by atoms with van der Waals surface area (Å²) in [4.78, 5) is 12.6. The van der Waals surface area contributed by atoms with Gasteiger partial charge in [0.25, 0.3) is 0 Å². The van der Waals surface area contributed by atoms with Crippen LogP contribution < -0.4 is 28.3 Å². The molecule has 3 fully saturated rings. The van der Waals surface area contributed by atoms with E-state index in [1.54, 1.807) is 0 Å². The van der Waals surface area contributed by atoms with E-state index in [4.69, 9.17) is 41.9 Å². The van der Waals surface area contributed by atoms with Gasteiger partial charge in [-0.3, -0.25) is 4.79 Å². The van der Waals surface area contributed by atoms with E-state index >= 15 is 0 Å². The van der Waals surface area contributed by atoms with Gasteiger partial charge >= 0.3 is 0 Å². The molecule has 250 valence electrons. The lowest BCUT2D eigenvalue weighted by Gasteiger charge is -2.49. The molecular weight excluding hydrogens is 574 g/mol. The van der Waals surface area contributed by atoms with Crippen LogP contribution in [0.2, 0.25) is 0 Å². The van der Waals surface area contributed by atoms with E-state index in [1.807, 2.05) is 0 Å². The smallest absolute Gasteiger partial charge is 0.249 e. The van der Waals surface area contributed by atoms with Crippen molar-refractivity contribution in [3.8, 4) is 0 Å². The van der Waals surface area contributed by atoms with Gasteiger partial charge in [0.2, 0.25) is 5.91 Å². The molecule has 0 radical (unpaired) electrons. The molecule has 0 aromatic carbocycles. The van der Waals surface area contributed by atoms with Crippen molar-refractivity contribution < 1.29 is 75.5 Å². The van der Waals surface area contributed by atoms with Gasteiger partial charge in [0.15, 0.2) is 12.6 Å². The number of ether oxygens (including phenoxy) is 4. The Morgan fingerprint density at radius 1 is 0.833 bits per heavy atom. The molecule has 1 aliphatic carbocycles. The second-order valence-corrected chi connectivity index (χ2v) is 10.3. The fraction of sp³-hybridized carbons (Fsp3) is 0.955. The number of nitrogens with one attached hydrogen (secondary N) is 1. The molecule has 21 N–H and O–H groups in total. The molecule has 0 aromatic heterocycles. The average molecular weight is 622 g/mol. The first-order chi connectivity index (χ1) is 18.9. The predicted octanol–water partition coefficient (Wildman–Crippen LogP) is -10.1. The van der Waals surface area contributed by atoms with Crippen molar-refractivity contribution in [2.24, 2.45) is 22.9 Å². The molecular formula is C22H47N5O15. The summed E-state index contributed by atoms with van der Waals surface area (Å²) in [5.74, 6) is -0.845. The molecule has 0 aromatic rings. The summed E-state index contributed by atoms with van der Waals surface area (Å²) >= 11 is 0. The van der Waals surface area contributed by atoms with Crippen LogP contribution in [0.25, 0.3) is 0 Å². The van der Waals surface area contributed by atoms with Crippen LogP contribution in [-0.4, -0.2) is 175 Å². The quantitative estimate of drug-likeness (QED) is 0.108. The first-order valence-corrected chi connectivity index (χ1v) is 13.1. The summed E-state index contributed by atoms with van der Waals surface area (Å²) in [7, 11) is 0. The number of aliphatic hydroxyl groups excluding tert-OH is 8. The third kappa shape index (κ3) is 8.26. The van der Waals surface area contributed by atoms with Crippen molar-refractivity contribution in [2.45, 2.75) is 111 Å². The topological polar surface area (TPSA) is 395 Å². The molecule has 3 aliphatic rings. The minimum absolute atomic E-state index is 0. The van der Waals surface area contributed by atoms with Crippen molar-refractivity contribution in [2.75, 3.05) is 19.7 Å². The summed E-state index contributed by atoms with van der Waals surface area (Å²) in [5.41, 5.74) is 23.1. The van der Waals surface area contributed by atoms with Crippen molar-refractivity contribution >= 4 is 5.91 Å². The highest BCUT2D eigenvalue weighted by Crippen LogP contribution is 2.32. The van der Waals surface area contributed by atoms with Crippen LogP contribution in [-0.2, 0) is 23.7 Å². The third-order valence-electron chi connectivity index (χ3n) is 7.51. The molecule has 0 spiro atoms. The van der Waals surface area contributed by atoms with Crippen molar-refractivity contribution in [3.63, 3.8) is 0 Å². The van der Waals surface area contributed by atoms with Crippen LogP contribution in [0.4, 0.5) is 0 Å². The molecule has 2 aliphatic heterocycles. The summed E-state index contributed by atoms with van der Waals surface area (Å²) < 4.78 is 22.5. The lowest BCUT2D eigenvalue weighted by Crippen LogP contribution is -2.69. The van der Waals surface area contributed by atoms with Gasteiger partial charge in [-0.05, 0) is 19.4 Å². The van der Waals surface area contributed by atoms with Gasteiger partial charge in [-0.15, -0.1) is 0 Å². The Morgan fingerprint density at radius 3 is 1.98 bits per heavy atom. The molecule has 42 heavy (non-hydrogen) atoms. The highest BCUT2D eigenvalue weighted by Gasteiger charge is 2.52. The fourth-order valence-corrected chi connectivity index (χ4v) is 5.07. The van der Waals surface area contributed by atoms with Crippen LogP contribution in [0.5, 0.6) is 0 Å². The Morgan fingerprint density at radius 2 is 1.40 bits per heavy atom. The van der Waals surface area contributed by atoms with E-state index in [-0.39, 0.29) is 36.9 Å². The van der Waals surface area contributed by atoms with Gasteiger partial charge in [-0.2, -0.15) is 0 Å². The van der Waals surface area contributed by atoms with Gasteiger partial charge in [0.1, 0.15) is 67.1 Å². The van der Waals surface area contributed by atoms with E-state index < -0.39 is 110 Å². The highest BCUT2D eigenvalue weighted by atomic mass is 16.7. The highest BCUT2D eigenvalue weighted by molar-refractivity contribution is 5.80. The Balaban J connectivity index is 0.00000441. The predicted molar refractivity (Wildman–Crippen MR) is 139 cm³/mol. The van der Waals surface area contributed by atoms with E-state index in [0.717, 1.165) is 0 Å². The fourth-order valence-electron chi connectivity index (χ4n) is 5.07. The molecule has 20 nitrogen and oxygen atoms in total. The Kier molecular flexibility index (Phi) is 15.4.